The molecule has 112 valence electrons. The Hall–Kier alpha value is -2.17. The first-order valence-electron chi connectivity index (χ1n) is 7.20. The number of aromatic nitrogens is 2. The molecular formula is C16H20N2O3. The van der Waals surface area contributed by atoms with Crippen molar-refractivity contribution in [3.05, 3.63) is 41.5 Å². The fourth-order valence-corrected chi connectivity index (χ4v) is 1.89. The lowest BCUT2D eigenvalue weighted by Crippen LogP contribution is -1.97. The van der Waals surface area contributed by atoms with Crippen LogP contribution in [-0.4, -0.2) is 15.9 Å². The zero-order chi connectivity index (χ0) is 15.1. The Morgan fingerprint density at radius 1 is 1.24 bits per heavy atom. The molecule has 0 saturated heterocycles. The number of hydrogen-bond acceptors (Lipinski definition) is 5. The molecule has 0 aliphatic rings. The highest BCUT2D eigenvalue weighted by Crippen LogP contribution is 2.15. The third-order valence-electron chi connectivity index (χ3n) is 3.04. The Labute approximate surface area is 124 Å². The third kappa shape index (κ3) is 5.02. The number of hydrogen-bond donors (Lipinski definition) is 0. The number of carbonyl (C=O) groups is 1. The summed E-state index contributed by atoms with van der Waals surface area (Å²) in [5.41, 5.74) is 1.13. The van der Waals surface area contributed by atoms with E-state index in [1.807, 2.05) is 24.3 Å². The van der Waals surface area contributed by atoms with Crippen molar-refractivity contribution < 1.29 is 14.1 Å². The van der Waals surface area contributed by atoms with E-state index in [9.17, 15) is 4.79 Å². The summed E-state index contributed by atoms with van der Waals surface area (Å²) >= 11 is 0. The number of ether oxygens (including phenoxy) is 1. The smallest absolute Gasteiger partial charge is 0.264 e. The zero-order valence-corrected chi connectivity index (χ0v) is 12.5. The van der Waals surface area contributed by atoms with E-state index in [0.29, 0.717) is 12.3 Å². The van der Waals surface area contributed by atoms with Gasteiger partial charge in [-0.2, -0.15) is 4.98 Å². The summed E-state index contributed by atoms with van der Waals surface area (Å²) in [6.07, 6.45) is 3.14. The number of benzene rings is 1. The first-order chi connectivity index (χ1) is 10.2. The van der Waals surface area contributed by atoms with Crippen LogP contribution >= 0.6 is 0 Å². The number of nitrogens with zero attached hydrogens (tertiary/aromatic N) is 2. The van der Waals surface area contributed by atoms with Gasteiger partial charge in [0, 0.05) is 12.8 Å². The van der Waals surface area contributed by atoms with Gasteiger partial charge < -0.3 is 14.1 Å². The quantitative estimate of drug-likeness (QED) is 0.746. The van der Waals surface area contributed by atoms with E-state index in [4.69, 9.17) is 9.26 Å². The van der Waals surface area contributed by atoms with Crippen molar-refractivity contribution in [1.82, 2.24) is 10.1 Å². The molecule has 0 aliphatic heterocycles. The third-order valence-corrected chi connectivity index (χ3v) is 3.04. The second-order valence-electron chi connectivity index (χ2n) is 4.99. The minimum absolute atomic E-state index is 0.203. The fraction of sp³-hybridized carbons (Fsp3) is 0.438. The van der Waals surface area contributed by atoms with Gasteiger partial charge in [0.15, 0.2) is 12.4 Å². The Morgan fingerprint density at radius 2 is 2.00 bits per heavy atom. The Kier molecular flexibility index (Phi) is 5.49. The molecule has 21 heavy (non-hydrogen) atoms. The molecule has 2 rings (SSSR count). The average Bonchev–Trinajstić information content (AvgIpc) is 2.92. The van der Waals surface area contributed by atoms with Gasteiger partial charge in [0.2, 0.25) is 0 Å². The number of Topliss-reactive ketones (excluding diaryl/α,β-unsaturated/α-hetero) is 1. The van der Waals surface area contributed by atoms with Gasteiger partial charge in [-0.25, -0.2) is 0 Å². The standard InChI is InChI=1S/C16H20N2O3/c1-3-4-15-17-16(21-18-15)11-20-14-9-7-13(8-10-14)6-5-12(2)19/h7-10H,3-6,11H2,1-2H3. The van der Waals surface area contributed by atoms with Crippen LogP contribution in [-0.2, 0) is 24.2 Å². The van der Waals surface area contributed by atoms with Crippen molar-refractivity contribution in [2.45, 2.75) is 46.1 Å². The predicted octanol–water partition coefficient (Wildman–Crippen LogP) is 3.12. The molecule has 0 amide bonds. The molecule has 5 heteroatoms. The van der Waals surface area contributed by atoms with Crippen molar-refractivity contribution in [3.8, 4) is 5.75 Å². The molecule has 0 fully saturated rings. The van der Waals surface area contributed by atoms with E-state index in [2.05, 4.69) is 17.1 Å². The number of aryl methyl sites for hydroxylation is 2. The molecule has 0 bridgehead atoms. The Bertz CT molecular complexity index is 575. The summed E-state index contributed by atoms with van der Waals surface area (Å²) in [5, 5.41) is 3.88. The second kappa shape index (κ2) is 7.57. The SMILES string of the molecule is CCCc1noc(COc2ccc(CCC(C)=O)cc2)n1. The maximum Gasteiger partial charge on any atom is 0.264 e. The molecule has 1 aromatic heterocycles. The monoisotopic (exact) mass is 288 g/mol. The minimum Gasteiger partial charge on any atom is -0.484 e. The summed E-state index contributed by atoms with van der Waals surface area (Å²) in [6.45, 7) is 3.94. The molecule has 0 unspecified atom stereocenters. The van der Waals surface area contributed by atoms with E-state index in [-0.39, 0.29) is 12.4 Å². The van der Waals surface area contributed by atoms with Crippen LogP contribution in [0.3, 0.4) is 0 Å². The van der Waals surface area contributed by atoms with E-state index >= 15 is 0 Å². The van der Waals surface area contributed by atoms with Crippen LogP contribution in [0, 0.1) is 0 Å². The molecule has 0 atom stereocenters. The van der Waals surface area contributed by atoms with Crippen molar-refractivity contribution >= 4 is 5.78 Å². The van der Waals surface area contributed by atoms with Crippen LogP contribution in [0.4, 0.5) is 0 Å². The van der Waals surface area contributed by atoms with Gasteiger partial charge >= 0.3 is 0 Å². The zero-order valence-electron chi connectivity index (χ0n) is 12.5. The highest BCUT2D eigenvalue weighted by Gasteiger charge is 2.06. The lowest BCUT2D eigenvalue weighted by molar-refractivity contribution is -0.116. The molecule has 1 aromatic carbocycles. The van der Waals surface area contributed by atoms with Gasteiger partial charge in [-0.1, -0.05) is 24.2 Å². The second-order valence-corrected chi connectivity index (χ2v) is 4.99. The van der Waals surface area contributed by atoms with Crippen molar-refractivity contribution in [2.75, 3.05) is 0 Å². The molecular weight excluding hydrogens is 268 g/mol. The van der Waals surface area contributed by atoms with Crippen LogP contribution in [0.15, 0.2) is 28.8 Å². The van der Waals surface area contributed by atoms with Gasteiger partial charge in [0.25, 0.3) is 5.89 Å². The summed E-state index contributed by atoms with van der Waals surface area (Å²) in [6, 6.07) is 7.71. The molecule has 0 spiro atoms. The van der Waals surface area contributed by atoms with E-state index < -0.39 is 0 Å². The predicted molar refractivity (Wildman–Crippen MR) is 78.1 cm³/mol. The van der Waals surface area contributed by atoms with E-state index in [1.165, 1.54) is 0 Å². The highest BCUT2D eigenvalue weighted by molar-refractivity contribution is 5.75. The topological polar surface area (TPSA) is 65.2 Å². The Balaban J connectivity index is 1.83. The first-order valence-corrected chi connectivity index (χ1v) is 7.20. The molecule has 0 N–H and O–H groups in total. The van der Waals surface area contributed by atoms with Crippen LogP contribution in [0.5, 0.6) is 5.75 Å². The van der Waals surface area contributed by atoms with Gasteiger partial charge in [0.1, 0.15) is 11.5 Å². The van der Waals surface area contributed by atoms with Gasteiger partial charge in [0.05, 0.1) is 0 Å². The number of carbonyl (C=O) groups excluding carboxylic acids is 1. The molecule has 1 heterocycles. The van der Waals surface area contributed by atoms with Crippen molar-refractivity contribution in [1.29, 1.82) is 0 Å². The van der Waals surface area contributed by atoms with Crippen LogP contribution in [0.2, 0.25) is 0 Å². The molecule has 0 aliphatic carbocycles. The maximum atomic E-state index is 10.9. The summed E-state index contributed by atoms with van der Waals surface area (Å²) in [4.78, 5) is 15.2. The summed E-state index contributed by atoms with van der Waals surface area (Å²) in [5.74, 6) is 2.15. The van der Waals surface area contributed by atoms with E-state index in [0.717, 1.165) is 36.4 Å². The van der Waals surface area contributed by atoms with Crippen LogP contribution < -0.4 is 4.74 Å². The molecule has 0 radical (unpaired) electrons. The highest BCUT2D eigenvalue weighted by atomic mass is 16.5. The molecule has 2 aromatic rings. The average molecular weight is 288 g/mol. The lowest BCUT2D eigenvalue weighted by Gasteiger charge is -2.04. The van der Waals surface area contributed by atoms with E-state index in [1.54, 1.807) is 6.92 Å². The maximum absolute atomic E-state index is 10.9. The van der Waals surface area contributed by atoms with Crippen molar-refractivity contribution in [2.24, 2.45) is 0 Å². The van der Waals surface area contributed by atoms with Crippen molar-refractivity contribution in [3.63, 3.8) is 0 Å². The number of ketones is 1. The summed E-state index contributed by atoms with van der Waals surface area (Å²) in [7, 11) is 0. The molecule has 5 nitrogen and oxygen atoms in total. The molecule has 0 saturated carbocycles. The number of rotatable bonds is 8. The first kappa shape index (κ1) is 15.2. The van der Waals surface area contributed by atoms with Gasteiger partial charge in [-0.3, -0.25) is 0 Å². The van der Waals surface area contributed by atoms with Gasteiger partial charge in [-0.15, -0.1) is 0 Å². The van der Waals surface area contributed by atoms with Crippen LogP contribution in [0.25, 0.3) is 0 Å². The Morgan fingerprint density at radius 3 is 2.67 bits per heavy atom. The normalized spacial score (nSPS) is 10.6. The van der Waals surface area contributed by atoms with Crippen LogP contribution in [0.1, 0.15) is 44.0 Å². The largest absolute Gasteiger partial charge is 0.484 e. The fourth-order valence-electron chi connectivity index (χ4n) is 1.89. The minimum atomic E-state index is 0.203. The lowest BCUT2D eigenvalue weighted by atomic mass is 10.1. The summed E-state index contributed by atoms with van der Waals surface area (Å²) < 4.78 is 10.7. The van der Waals surface area contributed by atoms with Gasteiger partial charge in [-0.05, 0) is 37.5 Å².